The third kappa shape index (κ3) is 19.9. The summed E-state index contributed by atoms with van der Waals surface area (Å²) in [5.41, 5.74) is 2.61. The van der Waals surface area contributed by atoms with Crippen LogP contribution < -0.4 is 4.90 Å². The standard InChI is InChI=1S/C70H110N6O14/c1-44-26-31-74(32-27-44)54-28-33-75(34-29-54)69-71-41-53(42-72-69)21-23-55(77)43-88-73-63-49(6)35-45(2)17-13-12-14-18-46(3)60(85-9)39-56-24-20-51(8)70(84,90-56)66(81)67(82)76-30-16-15-19-57(76)68(83)89-61(48(5)37-52-22-25-58(78)62(38-52)86-10)40-59(79)47(4)36-50(7)64(80)65(63)87-11/h12-14,17-18,36,41-42,44-45,47-49,51-52,54,56-62,64-65,78-80,84H,15-16,19-35,37-40,43H2,1-11H3/b14-12+,17-13+,46-18+,50-36+,73-63?/t45-,47-,48-,49-,51-,52+,56+,57+,58-,59-,60+,61+,62-,64-,65+,70-/m1/s1. The number of amides is 1. The number of aromatic nitrogens is 2. The molecule has 2 bridgehead atoms. The lowest BCUT2D eigenvalue weighted by Gasteiger charge is -2.43. The quantitative estimate of drug-likeness (QED) is 0.0590. The van der Waals surface area contributed by atoms with Crippen molar-refractivity contribution in [3.63, 3.8) is 0 Å². The van der Waals surface area contributed by atoms with Crippen LogP contribution in [-0.2, 0) is 54.1 Å². The van der Waals surface area contributed by atoms with Gasteiger partial charge in [-0.05, 0) is 164 Å². The fraction of sp³-hybridized carbons (Fsp3) is 0.757. The number of piperidine rings is 3. The summed E-state index contributed by atoms with van der Waals surface area (Å²) in [6, 6.07) is -0.524. The van der Waals surface area contributed by atoms with Gasteiger partial charge >= 0.3 is 5.97 Å². The van der Waals surface area contributed by atoms with Gasteiger partial charge in [0.2, 0.25) is 11.7 Å². The lowest BCUT2D eigenvalue weighted by molar-refractivity contribution is -0.265. The molecule has 504 valence electrons. The number of hydrogen-bond acceptors (Lipinski definition) is 19. The van der Waals surface area contributed by atoms with E-state index in [-0.39, 0.29) is 68.0 Å². The predicted molar refractivity (Wildman–Crippen MR) is 345 cm³/mol. The summed E-state index contributed by atoms with van der Waals surface area (Å²) < 4.78 is 30.3. The molecule has 1 aromatic heterocycles. The number of Topliss-reactive ketones (excluding diaryl/α,β-unsaturated/α-hetero) is 2. The first-order chi connectivity index (χ1) is 43.0. The highest BCUT2D eigenvalue weighted by Gasteiger charge is 2.53. The molecular formula is C70H110N6O14. The van der Waals surface area contributed by atoms with E-state index in [0.29, 0.717) is 87.5 Å². The molecule has 6 aliphatic rings. The fourth-order valence-corrected chi connectivity index (χ4v) is 14.4. The Morgan fingerprint density at radius 1 is 0.789 bits per heavy atom. The Morgan fingerprint density at radius 3 is 2.20 bits per heavy atom. The molecule has 1 aliphatic carbocycles. The lowest BCUT2D eigenvalue weighted by Crippen LogP contribution is -2.61. The van der Waals surface area contributed by atoms with Crippen LogP contribution in [0.15, 0.2) is 65.2 Å². The van der Waals surface area contributed by atoms with Crippen molar-refractivity contribution in [2.75, 3.05) is 65.6 Å². The van der Waals surface area contributed by atoms with E-state index in [4.69, 9.17) is 38.5 Å². The molecule has 1 aromatic rings. The predicted octanol–water partition coefficient (Wildman–Crippen LogP) is 8.47. The summed E-state index contributed by atoms with van der Waals surface area (Å²) in [7, 11) is 4.66. The molecule has 0 spiro atoms. The molecule has 20 nitrogen and oxygen atoms in total. The summed E-state index contributed by atoms with van der Waals surface area (Å²) in [5.74, 6) is -5.75. The molecule has 90 heavy (non-hydrogen) atoms. The molecule has 4 N–H and O–H groups in total. The second kappa shape index (κ2) is 34.9. The summed E-state index contributed by atoms with van der Waals surface area (Å²) in [6.07, 6.45) is 19.9. The fourth-order valence-electron chi connectivity index (χ4n) is 14.4. The Bertz CT molecular complexity index is 2620. The van der Waals surface area contributed by atoms with Gasteiger partial charge in [-0.25, -0.2) is 14.8 Å². The van der Waals surface area contributed by atoms with Crippen LogP contribution in [0, 0.1) is 41.4 Å². The van der Waals surface area contributed by atoms with Gasteiger partial charge in [0, 0.05) is 96.4 Å². The molecule has 5 fully saturated rings. The number of anilines is 1. The molecule has 0 unspecified atom stereocenters. The molecule has 5 aliphatic heterocycles. The van der Waals surface area contributed by atoms with Gasteiger partial charge in [-0.1, -0.05) is 83.2 Å². The number of allylic oxidation sites excluding steroid dienone is 5. The maximum absolute atomic E-state index is 14.7. The maximum Gasteiger partial charge on any atom is 0.329 e. The molecule has 1 amide bonds. The van der Waals surface area contributed by atoms with E-state index >= 15 is 0 Å². The SMILES string of the molecule is CO[C@H]1C[C@@H]2CC[C@@H](C)[C@@](O)(O2)C(=O)C(=O)N2CCCC[C@H]2C(=O)O[C@H]([C@H](C)C[C@@H]2CC[C@@H](O)[C@H](OC)C2)C[C@@H](O)[C@H](C)/C=C(\C)[C@@H](O)[C@@H](OC)C(=NOCC(=O)CCc2cnc(N3CCC(N4CCC(C)CC4)CC3)nc2)[C@H](C)C[C@H](C)/C=C/C=C/C=C/1C. The van der Waals surface area contributed by atoms with Crippen molar-refractivity contribution in [1.82, 2.24) is 19.8 Å². The van der Waals surface area contributed by atoms with Gasteiger partial charge in [0.25, 0.3) is 11.7 Å². The highest BCUT2D eigenvalue weighted by molar-refractivity contribution is 6.39. The number of aliphatic hydroxyl groups is 4. The average molecular weight is 1260 g/mol. The summed E-state index contributed by atoms with van der Waals surface area (Å²) in [6.45, 7) is 19.5. The first kappa shape index (κ1) is 72.7. The number of aliphatic hydroxyl groups excluding tert-OH is 3. The number of nitrogens with zero attached hydrogens (tertiary/aromatic N) is 6. The van der Waals surface area contributed by atoms with Crippen LogP contribution in [0.5, 0.6) is 0 Å². The smallest absolute Gasteiger partial charge is 0.329 e. The number of cyclic esters (lactones) is 1. The Hall–Kier alpha value is -4.77. The van der Waals surface area contributed by atoms with Crippen LogP contribution in [0.25, 0.3) is 0 Å². The van der Waals surface area contributed by atoms with E-state index in [9.17, 15) is 39.6 Å². The van der Waals surface area contributed by atoms with Crippen LogP contribution in [0.4, 0.5) is 5.95 Å². The van der Waals surface area contributed by atoms with Crippen LogP contribution in [0.1, 0.15) is 170 Å². The number of ether oxygens (including phenoxy) is 5. The molecule has 16 atom stereocenters. The van der Waals surface area contributed by atoms with Crippen molar-refractivity contribution < 1.29 is 68.1 Å². The van der Waals surface area contributed by atoms with Gasteiger partial charge < -0.3 is 63.6 Å². The minimum absolute atomic E-state index is 0.00394. The van der Waals surface area contributed by atoms with Crippen molar-refractivity contribution in [3.05, 3.63) is 65.6 Å². The number of hydrogen-bond donors (Lipinski definition) is 4. The summed E-state index contributed by atoms with van der Waals surface area (Å²) in [4.78, 5) is 78.4. The maximum atomic E-state index is 14.7. The second-order valence-electron chi connectivity index (χ2n) is 27.5. The van der Waals surface area contributed by atoms with Crippen LogP contribution in [-0.4, -0.2) is 197 Å². The van der Waals surface area contributed by atoms with E-state index in [0.717, 1.165) is 49.4 Å². The van der Waals surface area contributed by atoms with Gasteiger partial charge in [0.1, 0.15) is 24.4 Å². The normalized spacial score (nSPS) is 36.4. The Kier molecular flexibility index (Phi) is 28.2. The molecule has 4 saturated heterocycles. The molecule has 6 heterocycles. The largest absolute Gasteiger partial charge is 0.460 e. The van der Waals surface area contributed by atoms with Gasteiger partial charge in [-0.15, -0.1) is 0 Å². The van der Waals surface area contributed by atoms with Crippen LogP contribution in [0.2, 0.25) is 0 Å². The molecule has 0 radical (unpaired) electrons. The van der Waals surface area contributed by atoms with E-state index in [2.05, 4.69) is 34.9 Å². The van der Waals surface area contributed by atoms with Crippen molar-refractivity contribution in [1.29, 1.82) is 0 Å². The van der Waals surface area contributed by atoms with E-state index in [1.54, 1.807) is 46.5 Å². The zero-order chi connectivity index (χ0) is 65.2. The highest BCUT2D eigenvalue weighted by Crippen LogP contribution is 2.38. The number of carbonyl (C=O) groups excluding carboxylic acids is 4. The van der Waals surface area contributed by atoms with Crippen LogP contribution in [0.3, 0.4) is 0 Å². The monoisotopic (exact) mass is 1260 g/mol. The Labute approximate surface area is 536 Å². The lowest BCUT2D eigenvalue weighted by atomic mass is 9.78. The van der Waals surface area contributed by atoms with Crippen molar-refractivity contribution in [2.45, 2.75) is 238 Å². The highest BCUT2D eigenvalue weighted by atomic mass is 16.6. The van der Waals surface area contributed by atoms with Gasteiger partial charge in [-0.3, -0.25) is 14.4 Å². The molecular weight excluding hydrogens is 1150 g/mol. The number of carbonyl (C=O) groups is 4. The Morgan fingerprint density at radius 2 is 1.51 bits per heavy atom. The minimum atomic E-state index is -2.44. The summed E-state index contributed by atoms with van der Waals surface area (Å²) >= 11 is 0. The van der Waals surface area contributed by atoms with E-state index in [1.807, 2.05) is 52.0 Å². The van der Waals surface area contributed by atoms with Crippen molar-refractivity contribution in [3.8, 4) is 0 Å². The number of oxime groups is 1. The topological polar surface area (TPSA) is 252 Å². The number of fused-ring (bicyclic) bond motifs is 3. The molecule has 0 aromatic carbocycles. The van der Waals surface area contributed by atoms with Gasteiger partial charge in [0.15, 0.2) is 12.4 Å². The van der Waals surface area contributed by atoms with Gasteiger partial charge in [0.05, 0.1) is 36.2 Å². The first-order valence-corrected chi connectivity index (χ1v) is 33.8. The number of esters is 1. The molecule has 1 saturated carbocycles. The average Bonchev–Trinajstić information content (AvgIpc) is 0.842. The number of methoxy groups -OCH3 is 3. The minimum Gasteiger partial charge on any atom is -0.460 e. The summed E-state index contributed by atoms with van der Waals surface area (Å²) in [5, 5.41) is 51.7. The van der Waals surface area contributed by atoms with E-state index in [1.165, 1.54) is 37.9 Å². The number of aryl methyl sites for hydroxylation is 1. The number of likely N-dealkylation sites (tertiary alicyclic amines) is 1. The molecule has 7 rings (SSSR count). The second-order valence-corrected chi connectivity index (χ2v) is 27.5. The zero-order valence-corrected chi connectivity index (χ0v) is 56.0. The van der Waals surface area contributed by atoms with E-state index < -0.39 is 84.1 Å². The third-order valence-electron chi connectivity index (χ3n) is 20.6. The Balaban J connectivity index is 1.10. The number of rotatable bonds is 14. The zero-order valence-electron chi connectivity index (χ0n) is 56.0. The van der Waals surface area contributed by atoms with Crippen molar-refractivity contribution in [2.24, 2.45) is 46.6 Å². The first-order valence-electron chi connectivity index (χ1n) is 33.8. The van der Waals surface area contributed by atoms with Crippen molar-refractivity contribution >= 4 is 35.1 Å². The van der Waals surface area contributed by atoms with Crippen LogP contribution >= 0.6 is 0 Å². The number of ketones is 2. The molecule has 20 heteroatoms. The third-order valence-corrected chi connectivity index (χ3v) is 20.6. The van der Waals surface area contributed by atoms with Gasteiger partial charge in [-0.2, -0.15) is 0 Å².